The van der Waals surface area contributed by atoms with Crippen molar-refractivity contribution in [2.75, 3.05) is 13.8 Å². The average molecular weight is 227 g/mol. The van der Waals surface area contributed by atoms with Crippen LogP contribution in [0.2, 0.25) is 0 Å². The lowest BCUT2D eigenvalue weighted by Gasteiger charge is -2.02. The van der Waals surface area contributed by atoms with Crippen molar-refractivity contribution in [1.29, 1.82) is 0 Å². The maximum atomic E-state index is 8.49. The largest absolute Gasteiger partial charge is 0.497 e. The van der Waals surface area contributed by atoms with Crippen molar-refractivity contribution in [2.45, 2.75) is 34.2 Å². The molecule has 0 saturated carbocycles. The summed E-state index contributed by atoms with van der Waals surface area (Å²) in [7, 11) is 1.64. The zero-order valence-electron chi connectivity index (χ0n) is 11.1. The molecule has 0 atom stereocenters. The molecule has 0 aliphatic rings. The number of aliphatic hydroxyl groups excluding tert-OH is 1. The molecule has 0 saturated heterocycles. The van der Waals surface area contributed by atoms with Crippen LogP contribution >= 0.6 is 0 Å². The Bertz CT molecular complexity index is 222. The standard InChI is InChI=1S/C9H13NO2.2C2H6/c1-12-9-4-2-8(3-5-9)6-10-7-11;2*1-2/h2-5,10-11H,6-7H2,1H3;2*1-2H3. The fourth-order valence-electron chi connectivity index (χ4n) is 0.944. The second-order valence-electron chi connectivity index (χ2n) is 2.43. The van der Waals surface area contributed by atoms with Crippen molar-refractivity contribution in [3.8, 4) is 5.75 Å². The minimum atomic E-state index is 0.00598. The molecule has 0 amide bonds. The lowest BCUT2D eigenvalue weighted by atomic mass is 10.2. The Balaban J connectivity index is 0. The molecule has 0 aliphatic heterocycles. The summed E-state index contributed by atoms with van der Waals surface area (Å²) in [5, 5.41) is 11.3. The molecule has 1 aromatic carbocycles. The minimum absolute atomic E-state index is 0.00598. The number of hydrogen-bond donors (Lipinski definition) is 2. The quantitative estimate of drug-likeness (QED) is 0.777. The topological polar surface area (TPSA) is 41.5 Å². The lowest BCUT2D eigenvalue weighted by Crippen LogP contribution is -2.13. The van der Waals surface area contributed by atoms with E-state index >= 15 is 0 Å². The second kappa shape index (κ2) is 13.9. The molecule has 0 bridgehead atoms. The van der Waals surface area contributed by atoms with Gasteiger partial charge in [0.15, 0.2) is 0 Å². The van der Waals surface area contributed by atoms with E-state index in [0.29, 0.717) is 6.54 Å². The molecule has 3 heteroatoms. The first-order valence-electron chi connectivity index (χ1n) is 5.81. The molecule has 0 unspecified atom stereocenters. The number of nitrogens with one attached hydrogen (secondary N) is 1. The van der Waals surface area contributed by atoms with Crippen molar-refractivity contribution >= 4 is 0 Å². The molecule has 0 aromatic heterocycles. The third-order valence-corrected chi connectivity index (χ3v) is 1.60. The van der Waals surface area contributed by atoms with E-state index in [0.717, 1.165) is 11.3 Å². The predicted octanol–water partition coefficient (Wildman–Crippen LogP) is 2.79. The molecule has 16 heavy (non-hydrogen) atoms. The first-order chi connectivity index (χ1) is 7.86. The molecule has 0 spiro atoms. The first kappa shape index (κ1) is 17.3. The SMILES string of the molecule is CC.CC.COc1ccc(CNCO)cc1. The zero-order chi connectivity index (χ0) is 12.8. The molecule has 0 aliphatic carbocycles. The van der Waals surface area contributed by atoms with Gasteiger partial charge in [-0.2, -0.15) is 0 Å². The van der Waals surface area contributed by atoms with Gasteiger partial charge in [0, 0.05) is 6.54 Å². The van der Waals surface area contributed by atoms with Gasteiger partial charge in [-0.3, -0.25) is 5.32 Å². The van der Waals surface area contributed by atoms with E-state index in [1.54, 1.807) is 7.11 Å². The molecule has 3 nitrogen and oxygen atoms in total. The van der Waals surface area contributed by atoms with Gasteiger partial charge in [-0.1, -0.05) is 39.8 Å². The number of rotatable bonds is 4. The maximum Gasteiger partial charge on any atom is 0.118 e. The van der Waals surface area contributed by atoms with Crippen LogP contribution in [0.4, 0.5) is 0 Å². The minimum Gasteiger partial charge on any atom is -0.497 e. The molecule has 1 rings (SSSR count). The molecule has 0 heterocycles. The van der Waals surface area contributed by atoms with Gasteiger partial charge in [0.25, 0.3) is 0 Å². The van der Waals surface area contributed by atoms with E-state index < -0.39 is 0 Å². The normalized spacial score (nSPS) is 8.12. The summed E-state index contributed by atoms with van der Waals surface area (Å²) in [4.78, 5) is 0. The highest BCUT2D eigenvalue weighted by Crippen LogP contribution is 2.10. The summed E-state index contributed by atoms with van der Waals surface area (Å²) < 4.78 is 5.00. The summed E-state index contributed by atoms with van der Waals surface area (Å²) in [6.07, 6.45) is 0. The summed E-state index contributed by atoms with van der Waals surface area (Å²) in [5.74, 6) is 0.850. The van der Waals surface area contributed by atoms with Gasteiger partial charge in [-0.05, 0) is 17.7 Å². The van der Waals surface area contributed by atoms with Crippen molar-refractivity contribution < 1.29 is 9.84 Å². The highest BCUT2D eigenvalue weighted by molar-refractivity contribution is 5.26. The van der Waals surface area contributed by atoms with Crippen LogP contribution in [-0.4, -0.2) is 18.9 Å². The van der Waals surface area contributed by atoms with Crippen LogP contribution in [0.5, 0.6) is 5.75 Å². The van der Waals surface area contributed by atoms with E-state index in [2.05, 4.69) is 5.32 Å². The molecule has 0 radical (unpaired) electrons. The van der Waals surface area contributed by atoms with Gasteiger partial charge in [-0.15, -0.1) is 0 Å². The monoisotopic (exact) mass is 227 g/mol. The van der Waals surface area contributed by atoms with Gasteiger partial charge < -0.3 is 9.84 Å². The Hall–Kier alpha value is -1.06. The number of ether oxygens (including phenoxy) is 1. The van der Waals surface area contributed by atoms with Crippen LogP contribution in [0, 0.1) is 0 Å². The number of hydrogen-bond acceptors (Lipinski definition) is 3. The van der Waals surface area contributed by atoms with E-state index in [-0.39, 0.29) is 6.73 Å². The molecule has 2 N–H and O–H groups in total. The Labute approximate surface area is 99.5 Å². The van der Waals surface area contributed by atoms with Crippen molar-refractivity contribution in [3.05, 3.63) is 29.8 Å². The lowest BCUT2D eigenvalue weighted by molar-refractivity contribution is 0.259. The Kier molecular flexibility index (Phi) is 15.1. The predicted molar refractivity (Wildman–Crippen MR) is 69.6 cm³/mol. The van der Waals surface area contributed by atoms with Crippen LogP contribution in [-0.2, 0) is 6.54 Å². The average Bonchev–Trinajstić information content (AvgIpc) is 2.41. The van der Waals surface area contributed by atoms with Crippen molar-refractivity contribution in [1.82, 2.24) is 5.32 Å². The summed E-state index contributed by atoms with van der Waals surface area (Å²) >= 11 is 0. The molecule has 1 aromatic rings. The smallest absolute Gasteiger partial charge is 0.118 e. The molecular weight excluding hydrogens is 202 g/mol. The van der Waals surface area contributed by atoms with Crippen LogP contribution in [0.25, 0.3) is 0 Å². The second-order valence-corrected chi connectivity index (χ2v) is 2.43. The van der Waals surface area contributed by atoms with Gasteiger partial charge in [0.05, 0.1) is 13.8 Å². The van der Waals surface area contributed by atoms with Crippen LogP contribution < -0.4 is 10.1 Å². The molecular formula is C13H25NO2. The van der Waals surface area contributed by atoms with E-state index in [9.17, 15) is 0 Å². The number of aliphatic hydroxyl groups is 1. The van der Waals surface area contributed by atoms with Gasteiger partial charge >= 0.3 is 0 Å². The maximum absolute atomic E-state index is 8.49. The number of benzene rings is 1. The third kappa shape index (κ3) is 8.26. The Morgan fingerprint density at radius 2 is 1.56 bits per heavy atom. The fraction of sp³-hybridized carbons (Fsp3) is 0.538. The summed E-state index contributed by atoms with van der Waals surface area (Å²) in [6, 6.07) is 7.71. The highest BCUT2D eigenvalue weighted by atomic mass is 16.5. The van der Waals surface area contributed by atoms with Crippen LogP contribution in [0.3, 0.4) is 0 Å². The first-order valence-corrected chi connectivity index (χ1v) is 5.81. The number of methoxy groups -OCH3 is 1. The summed E-state index contributed by atoms with van der Waals surface area (Å²) in [6.45, 7) is 8.69. The van der Waals surface area contributed by atoms with Gasteiger partial charge in [0.2, 0.25) is 0 Å². The van der Waals surface area contributed by atoms with E-state index in [4.69, 9.17) is 9.84 Å². The zero-order valence-corrected chi connectivity index (χ0v) is 11.1. The Morgan fingerprint density at radius 1 is 1.06 bits per heavy atom. The third-order valence-electron chi connectivity index (χ3n) is 1.60. The van der Waals surface area contributed by atoms with Crippen molar-refractivity contribution in [2.24, 2.45) is 0 Å². The Morgan fingerprint density at radius 3 is 1.94 bits per heavy atom. The van der Waals surface area contributed by atoms with E-state index in [1.165, 1.54) is 0 Å². The fourth-order valence-corrected chi connectivity index (χ4v) is 0.944. The van der Waals surface area contributed by atoms with Crippen LogP contribution in [0.1, 0.15) is 33.3 Å². The van der Waals surface area contributed by atoms with Crippen LogP contribution in [0.15, 0.2) is 24.3 Å². The highest BCUT2D eigenvalue weighted by Gasteiger charge is 1.92. The summed E-state index contributed by atoms with van der Waals surface area (Å²) in [5.41, 5.74) is 1.13. The molecule has 94 valence electrons. The molecule has 0 fully saturated rings. The van der Waals surface area contributed by atoms with Gasteiger partial charge in [-0.25, -0.2) is 0 Å². The van der Waals surface area contributed by atoms with Crippen molar-refractivity contribution in [3.63, 3.8) is 0 Å². The van der Waals surface area contributed by atoms with Gasteiger partial charge in [0.1, 0.15) is 5.75 Å². The van der Waals surface area contributed by atoms with E-state index in [1.807, 2.05) is 52.0 Å².